The van der Waals surface area contributed by atoms with Crippen LogP contribution < -0.4 is 0 Å². The first kappa shape index (κ1) is 17.2. The lowest BCUT2D eigenvalue weighted by molar-refractivity contribution is -0.141. The molecule has 0 aliphatic rings. The maximum absolute atomic E-state index is 12.5. The van der Waals surface area contributed by atoms with Crippen LogP contribution in [0.1, 0.15) is 52.4 Å². The predicted octanol–water partition coefficient (Wildman–Crippen LogP) is 3.44. The zero-order valence-electron chi connectivity index (χ0n) is 13.1. The minimum absolute atomic E-state index is 0.0565. The van der Waals surface area contributed by atoms with Crippen molar-refractivity contribution in [3.63, 3.8) is 0 Å². The van der Waals surface area contributed by atoms with Gasteiger partial charge in [-0.3, -0.25) is 9.48 Å². The van der Waals surface area contributed by atoms with Crippen LogP contribution in [0.25, 0.3) is 0 Å². The average molecular weight is 301 g/mol. The van der Waals surface area contributed by atoms with Gasteiger partial charge in [-0.2, -0.15) is 5.10 Å². The highest BCUT2D eigenvalue weighted by Crippen LogP contribution is 2.25. The van der Waals surface area contributed by atoms with Crippen LogP contribution in [0.2, 0.25) is 5.02 Å². The summed E-state index contributed by atoms with van der Waals surface area (Å²) >= 11 is 6.35. The van der Waals surface area contributed by atoms with Gasteiger partial charge < -0.3 is 4.74 Å². The quantitative estimate of drug-likeness (QED) is 0.739. The monoisotopic (exact) mass is 300 g/mol. The topological polar surface area (TPSA) is 44.1 Å². The minimum Gasteiger partial charge on any atom is -0.368 e. The highest BCUT2D eigenvalue weighted by Gasteiger charge is 2.33. The Hall–Kier alpha value is -0.870. The van der Waals surface area contributed by atoms with E-state index < -0.39 is 5.60 Å². The lowest BCUT2D eigenvalue weighted by Crippen LogP contribution is -2.39. The maximum Gasteiger partial charge on any atom is 0.170 e. The van der Waals surface area contributed by atoms with Crippen molar-refractivity contribution >= 4 is 17.4 Å². The minimum atomic E-state index is -0.743. The lowest BCUT2D eigenvalue weighted by atomic mass is 9.94. The summed E-state index contributed by atoms with van der Waals surface area (Å²) in [6.07, 6.45) is 1.69. The number of aryl methyl sites for hydroxylation is 2. The lowest BCUT2D eigenvalue weighted by Gasteiger charge is -2.26. The molecule has 0 amide bonds. The fourth-order valence-electron chi connectivity index (χ4n) is 2.22. The van der Waals surface area contributed by atoms with E-state index in [9.17, 15) is 4.79 Å². The molecule has 0 fully saturated rings. The van der Waals surface area contributed by atoms with Crippen molar-refractivity contribution in [1.82, 2.24) is 9.78 Å². The van der Waals surface area contributed by atoms with E-state index in [-0.39, 0.29) is 12.2 Å². The van der Waals surface area contributed by atoms with Crippen LogP contribution in [-0.2, 0) is 28.9 Å². The molecule has 1 aromatic rings. The molecule has 1 atom stereocenters. The van der Waals surface area contributed by atoms with E-state index in [1.54, 1.807) is 0 Å². The second-order valence-corrected chi connectivity index (χ2v) is 5.37. The molecule has 0 aliphatic carbocycles. The summed E-state index contributed by atoms with van der Waals surface area (Å²) in [6, 6.07) is 0. The molecule has 1 unspecified atom stereocenters. The van der Waals surface area contributed by atoms with Crippen molar-refractivity contribution in [2.24, 2.45) is 0 Å². The number of hydrogen-bond acceptors (Lipinski definition) is 3. The van der Waals surface area contributed by atoms with Crippen molar-refractivity contribution in [2.75, 3.05) is 6.61 Å². The zero-order valence-corrected chi connectivity index (χ0v) is 13.9. The van der Waals surface area contributed by atoms with Crippen molar-refractivity contribution < 1.29 is 9.53 Å². The first-order chi connectivity index (χ1) is 9.43. The number of ketones is 1. The Labute approximate surface area is 126 Å². The number of ether oxygens (including phenoxy) is 1. The molecule has 0 aromatic carbocycles. The Kier molecular flexibility index (Phi) is 6.21. The summed E-state index contributed by atoms with van der Waals surface area (Å²) in [5.74, 6) is 0.0565. The number of Topliss-reactive ketones (excluding diaryl/α,β-unsaturated/α-hetero) is 1. The van der Waals surface area contributed by atoms with Gasteiger partial charge in [-0.1, -0.05) is 25.4 Å². The molecule has 1 heterocycles. The zero-order chi connectivity index (χ0) is 15.3. The largest absolute Gasteiger partial charge is 0.368 e. The Morgan fingerprint density at radius 1 is 1.35 bits per heavy atom. The molecule has 0 saturated carbocycles. The molecule has 0 spiro atoms. The molecular formula is C15H25ClN2O2. The van der Waals surface area contributed by atoms with Crippen LogP contribution in [0.4, 0.5) is 0 Å². The Morgan fingerprint density at radius 2 is 2.00 bits per heavy atom. The molecule has 20 heavy (non-hydrogen) atoms. The highest BCUT2D eigenvalue weighted by molar-refractivity contribution is 6.32. The van der Waals surface area contributed by atoms with Gasteiger partial charge in [-0.05, 0) is 33.6 Å². The number of nitrogens with zero attached hydrogens (tertiary/aromatic N) is 2. The van der Waals surface area contributed by atoms with Crippen molar-refractivity contribution in [2.45, 2.75) is 66.0 Å². The van der Waals surface area contributed by atoms with E-state index in [2.05, 4.69) is 5.10 Å². The first-order valence-corrected chi connectivity index (χ1v) is 7.72. The van der Waals surface area contributed by atoms with Gasteiger partial charge in [0, 0.05) is 13.2 Å². The number of rotatable bonds is 8. The standard InChI is InChI=1S/C15H25ClN2O2/c1-6-11-14(16)12(18(8-3)17-11)10-13(19)15(5,7-2)20-9-4/h6-10H2,1-5H3. The molecule has 114 valence electrons. The molecule has 0 bridgehead atoms. The van der Waals surface area contributed by atoms with E-state index in [0.717, 1.165) is 17.8 Å². The van der Waals surface area contributed by atoms with Crippen LogP contribution in [-0.4, -0.2) is 27.8 Å². The summed E-state index contributed by atoms with van der Waals surface area (Å²) in [6.45, 7) is 11.0. The molecule has 0 radical (unpaired) electrons. The van der Waals surface area contributed by atoms with E-state index in [1.165, 1.54) is 0 Å². The second-order valence-electron chi connectivity index (χ2n) is 4.99. The predicted molar refractivity (Wildman–Crippen MR) is 81.3 cm³/mol. The van der Waals surface area contributed by atoms with Gasteiger partial charge >= 0.3 is 0 Å². The van der Waals surface area contributed by atoms with Crippen molar-refractivity contribution in [3.8, 4) is 0 Å². The van der Waals surface area contributed by atoms with E-state index in [0.29, 0.717) is 24.6 Å². The first-order valence-electron chi connectivity index (χ1n) is 7.34. The average Bonchev–Trinajstić information content (AvgIpc) is 2.75. The smallest absolute Gasteiger partial charge is 0.170 e. The van der Waals surface area contributed by atoms with Gasteiger partial charge in [-0.25, -0.2) is 0 Å². The number of aromatic nitrogens is 2. The van der Waals surface area contributed by atoms with Crippen molar-refractivity contribution in [3.05, 3.63) is 16.4 Å². The van der Waals surface area contributed by atoms with Crippen LogP contribution in [0.3, 0.4) is 0 Å². The van der Waals surface area contributed by atoms with Gasteiger partial charge in [0.15, 0.2) is 5.78 Å². The Bertz CT molecular complexity index is 471. The van der Waals surface area contributed by atoms with Crippen LogP contribution in [0.15, 0.2) is 0 Å². The number of carbonyl (C=O) groups excluding carboxylic acids is 1. The second kappa shape index (κ2) is 7.23. The number of halogens is 1. The van der Waals surface area contributed by atoms with E-state index in [1.807, 2.05) is 39.3 Å². The summed E-state index contributed by atoms with van der Waals surface area (Å²) < 4.78 is 7.46. The summed E-state index contributed by atoms with van der Waals surface area (Å²) in [4.78, 5) is 12.5. The van der Waals surface area contributed by atoms with Crippen LogP contribution in [0, 0.1) is 0 Å². The molecule has 1 aromatic heterocycles. The molecule has 5 heteroatoms. The third-order valence-corrected chi connectivity index (χ3v) is 4.19. The van der Waals surface area contributed by atoms with Crippen molar-refractivity contribution in [1.29, 1.82) is 0 Å². The summed E-state index contributed by atoms with van der Waals surface area (Å²) in [7, 11) is 0. The number of carbonyl (C=O) groups is 1. The highest BCUT2D eigenvalue weighted by atomic mass is 35.5. The molecule has 0 aliphatic heterocycles. The Balaban J connectivity index is 3.03. The van der Waals surface area contributed by atoms with Gasteiger partial charge in [0.1, 0.15) is 5.60 Å². The van der Waals surface area contributed by atoms with Gasteiger partial charge in [0.25, 0.3) is 0 Å². The Morgan fingerprint density at radius 3 is 2.45 bits per heavy atom. The van der Waals surface area contributed by atoms with Gasteiger partial charge in [-0.15, -0.1) is 0 Å². The van der Waals surface area contributed by atoms with Crippen LogP contribution >= 0.6 is 11.6 Å². The summed E-state index contributed by atoms with van der Waals surface area (Å²) in [5.41, 5.74) is 0.911. The SMILES string of the molecule is CCOC(C)(CC)C(=O)Cc1c(Cl)c(CC)nn1CC. The third-order valence-electron chi connectivity index (χ3n) is 3.75. The van der Waals surface area contributed by atoms with E-state index in [4.69, 9.17) is 16.3 Å². The molecule has 0 saturated heterocycles. The maximum atomic E-state index is 12.5. The normalized spacial score (nSPS) is 14.3. The van der Waals surface area contributed by atoms with E-state index >= 15 is 0 Å². The van der Waals surface area contributed by atoms with Gasteiger partial charge in [0.2, 0.25) is 0 Å². The molecule has 0 N–H and O–H groups in total. The number of hydrogen-bond donors (Lipinski definition) is 0. The molecular weight excluding hydrogens is 276 g/mol. The molecule has 1 rings (SSSR count). The molecule has 4 nitrogen and oxygen atoms in total. The van der Waals surface area contributed by atoms with Gasteiger partial charge in [0.05, 0.1) is 22.8 Å². The third kappa shape index (κ3) is 3.41. The summed E-state index contributed by atoms with van der Waals surface area (Å²) in [5, 5.41) is 5.07. The fourth-order valence-corrected chi connectivity index (χ4v) is 2.56. The fraction of sp³-hybridized carbons (Fsp3) is 0.733. The van der Waals surface area contributed by atoms with Crippen LogP contribution in [0.5, 0.6) is 0 Å².